The van der Waals surface area contributed by atoms with Crippen LogP contribution in [0, 0.1) is 5.41 Å². The Morgan fingerprint density at radius 1 is 1.12 bits per heavy atom. The van der Waals surface area contributed by atoms with Crippen molar-refractivity contribution in [3.63, 3.8) is 0 Å². The maximum Gasteiger partial charge on any atom is 0.120 e. The first-order chi connectivity index (χ1) is 11.6. The van der Waals surface area contributed by atoms with Crippen LogP contribution in [0.1, 0.15) is 51.6 Å². The van der Waals surface area contributed by atoms with Gasteiger partial charge in [-0.3, -0.25) is 9.88 Å². The number of rotatable bonds is 4. The molecule has 1 aliphatic heterocycles. The molecule has 1 aromatic heterocycles. The van der Waals surface area contributed by atoms with Crippen LogP contribution in [0.3, 0.4) is 0 Å². The third-order valence-electron chi connectivity index (χ3n) is 5.64. The zero-order valence-corrected chi connectivity index (χ0v) is 14.9. The SMILES string of the molecule is CC1(C)CCC(Oc2ccc3nc(CN4CCC4)ccc3c2)CC1. The van der Waals surface area contributed by atoms with Gasteiger partial charge in [0.2, 0.25) is 0 Å². The molecule has 1 aliphatic carbocycles. The molecule has 2 heterocycles. The summed E-state index contributed by atoms with van der Waals surface area (Å²) < 4.78 is 6.24. The average molecular weight is 324 g/mol. The Bertz CT molecular complexity index is 711. The third-order valence-corrected chi connectivity index (χ3v) is 5.64. The van der Waals surface area contributed by atoms with Crippen LogP contribution < -0.4 is 4.74 Å². The van der Waals surface area contributed by atoms with Gasteiger partial charge in [0.05, 0.1) is 17.3 Å². The number of likely N-dealkylation sites (tertiary alicyclic amines) is 1. The topological polar surface area (TPSA) is 25.4 Å². The zero-order chi connectivity index (χ0) is 16.6. The predicted molar refractivity (Wildman–Crippen MR) is 98.3 cm³/mol. The molecular weight excluding hydrogens is 296 g/mol. The molecule has 0 N–H and O–H groups in total. The molecule has 2 aromatic rings. The molecular formula is C21H28N2O. The minimum absolute atomic E-state index is 0.370. The van der Waals surface area contributed by atoms with Crippen LogP contribution in [0.25, 0.3) is 10.9 Å². The van der Waals surface area contributed by atoms with Gasteiger partial charge in [-0.2, -0.15) is 0 Å². The quantitative estimate of drug-likeness (QED) is 0.808. The zero-order valence-electron chi connectivity index (χ0n) is 14.9. The van der Waals surface area contributed by atoms with Gasteiger partial charge in [0, 0.05) is 11.9 Å². The molecule has 0 unspecified atom stereocenters. The number of pyridine rings is 1. The van der Waals surface area contributed by atoms with Gasteiger partial charge in [-0.15, -0.1) is 0 Å². The van der Waals surface area contributed by atoms with E-state index in [9.17, 15) is 0 Å². The van der Waals surface area contributed by atoms with Gasteiger partial charge >= 0.3 is 0 Å². The summed E-state index contributed by atoms with van der Waals surface area (Å²) in [5.74, 6) is 0.990. The van der Waals surface area contributed by atoms with E-state index in [1.54, 1.807) is 0 Å². The van der Waals surface area contributed by atoms with Gasteiger partial charge in [0.1, 0.15) is 5.75 Å². The molecule has 0 amide bonds. The number of hydrogen-bond acceptors (Lipinski definition) is 3. The Kier molecular flexibility index (Phi) is 4.21. The second-order valence-corrected chi connectivity index (χ2v) is 8.27. The van der Waals surface area contributed by atoms with Crippen molar-refractivity contribution in [3.05, 3.63) is 36.0 Å². The molecule has 24 heavy (non-hydrogen) atoms. The Balaban J connectivity index is 1.44. The molecule has 1 aromatic carbocycles. The van der Waals surface area contributed by atoms with Crippen molar-refractivity contribution in [1.82, 2.24) is 9.88 Å². The summed E-state index contributed by atoms with van der Waals surface area (Å²) in [5.41, 5.74) is 2.73. The monoisotopic (exact) mass is 324 g/mol. The van der Waals surface area contributed by atoms with E-state index in [-0.39, 0.29) is 0 Å². The van der Waals surface area contributed by atoms with Gasteiger partial charge in [-0.1, -0.05) is 19.9 Å². The Labute approximate surface area is 145 Å². The lowest BCUT2D eigenvalue weighted by Gasteiger charge is -2.34. The number of ether oxygens (including phenoxy) is 1. The summed E-state index contributed by atoms with van der Waals surface area (Å²) in [6, 6.07) is 10.7. The largest absolute Gasteiger partial charge is 0.490 e. The van der Waals surface area contributed by atoms with E-state index in [0.717, 1.165) is 30.7 Å². The number of benzene rings is 1. The van der Waals surface area contributed by atoms with E-state index in [4.69, 9.17) is 9.72 Å². The number of aromatic nitrogens is 1. The molecule has 0 atom stereocenters. The Morgan fingerprint density at radius 2 is 1.92 bits per heavy atom. The van der Waals surface area contributed by atoms with Gasteiger partial charge in [0.15, 0.2) is 0 Å². The Morgan fingerprint density at radius 3 is 2.62 bits per heavy atom. The molecule has 3 nitrogen and oxygen atoms in total. The maximum absolute atomic E-state index is 6.24. The van der Waals surface area contributed by atoms with Crippen molar-refractivity contribution in [3.8, 4) is 5.75 Å². The summed E-state index contributed by atoms with van der Waals surface area (Å²) in [4.78, 5) is 7.25. The molecule has 0 spiro atoms. The van der Waals surface area contributed by atoms with E-state index < -0.39 is 0 Å². The van der Waals surface area contributed by atoms with Crippen LogP contribution in [0.2, 0.25) is 0 Å². The van der Waals surface area contributed by atoms with Gasteiger partial charge in [-0.25, -0.2) is 0 Å². The molecule has 2 fully saturated rings. The summed E-state index contributed by atoms with van der Waals surface area (Å²) >= 11 is 0. The van der Waals surface area contributed by atoms with E-state index in [2.05, 4.69) is 49.1 Å². The third kappa shape index (κ3) is 3.56. The van der Waals surface area contributed by atoms with Gasteiger partial charge in [0.25, 0.3) is 0 Å². The van der Waals surface area contributed by atoms with Gasteiger partial charge < -0.3 is 4.74 Å². The molecule has 3 heteroatoms. The molecule has 1 saturated heterocycles. The minimum Gasteiger partial charge on any atom is -0.490 e. The molecule has 2 aliphatic rings. The molecule has 0 radical (unpaired) electrons. The summed E-state index contributed by atoms with van der Waals surface area (Å²) in [6.07, 6.45) is 6.54. The number of nitrogens with zero attached hydrogens (tertiary/aromatic N) is 2. The first-order valence-corrected chi connectivity index (χ1v) is 9.36. The fraction of sp³-hybridized carbons (Fsp3) is 0.571. The maximum atomic E-state index is 6.24. The Hall–Kier alpha value is -1.61. The van der Waals surface area contributed by atoms with Crippen molar-refractivity contribution in [2.45, 2.75) is 58.6 Å². The van der Waals surface area contributed by atoms with Gasteiger partial charge in [-0.05, 0) is 74.9 Å². The van der Waals surface area contributed by atoms with Crippen LogP contribution in [-0.2, 0) is 6.54 Å². The lowest BCUT2D eigenvalue weighted by atomic mass is 9.76. The van der Waals surface area contributed by atoms with Crippen LogP contribution in [0.15, 0.2) is 30.3 Å². The predicted octanol–water partition coefficient (Wildman–Crippen LogP) is 4.79. The summed E-state index contributed by atoms with van der Waals surface area (Å²) in [7, 11) is 0. The lowest BCUT2D eigenvalue weighted by Crippen LogP contribution is -2.36. The van der Waals surface area contributed by atoms with E-state index in [1.807, 2.05) is 0 Å². The fourth-order valence-corrected chi connectivity index (χ4v) is 3.76. The van der Waals surface area contributed by atoms with Crippen LogP contribution in [0.5, 0.6) is 5.75 Å². The molecule has 128 valence electrons. The smallest absolute Gasteiger partial charge is 0.120 e. The number of hydrogen-bond donors (Lipinski definition) is 0. The van der Waals surface area contributed by atoms with Crippen molar-refractivity contribution >= 4 is 10.9 Å². The van der Waals surface area contributed by atoms with E-state index in [0.29, 0.717) is 11.5 Å². The average Bonchev–Trinajstić information content (AvgIpc) is 2.53. The normalized spacial score (nSPS) is 21.6. The van der Waals surface area contributed by atoms with Crippen molar-refractivity contribution < 1.29 is 4.74 Å². The number of fused-ring (bicyclic) bond motifs is 1. The molecule has 1 saturated carbocycles. The highest BCUT2D eigenvalue weighted by atomic mass is 16.5. The molecule has 0 bridgehead atoms. The second kappa shape index (κ2) is 6.36. The summed E-state index contributed by atoms with van der Waals surface area (Å²) in [5, 5.41) is 1.18. The van der Waals surface area contributed by atoms with Crippen molar-refractivity contribution in [2.75, 3.05) is 13.1 Å². The second-order valence-electron chi connectivity index (χ2n) is 8.27. The standard InChI is InChI=1S/C21H28N2O/c1-21(2)10-8-18(9-11-21)24-19-6-7-20-16(14-19)4-5-17(22-20)15-23-12-3-13-23/h4-7,14,18H,3,8-13,15H2,1-2H3. The van der Waals surface area contributed by atoms with E-state index in [1.165, 1.54) is 43.4 Å². The minimum atomic E-state index is 0.370. The van der Waals surface area contributed by atoms with E-state index >= 15 is 0 Å². The summed E-state index contributed by atoms with van der Waals surface area (Å²) in [6.45, 7) is 8.13. The van der Waals surface area contributed by atoms with Crippen LogP contribution >= 0.6 is 0 Å². The highest BCUT2D eigenvalue weighted by molar-refractivity contribution is 5.80. The van der Waals surface area contributed by atoms with Crippen LogP contribution in [0.4, 0.5) is 0 Å². The van der Waals surface area contributed by atoms with Crippen LogP contribution in [-0.4, -0.2) is 29.1 Å². The highest BCUT2D eigenvalue weighted by Gasteiger charge is 2.27. The van der Waals surface area contributed by atoms with Crippen molar-refractivity contribution in [1.29, 1.82) is 0 Å². The fourth-order valence-electron chi connectivity index (χ4n) is 3.76. The molecule has 4 rings (SSSR count). The first-order valence-electron chi connectivity index (χ1n) is 9.36. The first kappa shape index (κ1) is 15.9. The highest BCUT2D eigenvalue weighted by Crippen LogP contribution is 2.36. The van der Waals surface area contributed by atoms with Crippen molar-refractivity contribution in [2.24, 2.45) is 5.41 Å². The lowest BCUT2D eigenvalue weighted by molar-refractivity contribution is 0.0989.